The minimum absolute atomic E-state index is 0.0234. The molecule has 2 amide bonds. The second-order valence-electron chi connectivity index (χ2n) is 6.41. The molecule has 2 aromatic heterocycles. The number of nitrogens with zero attached hydrogens (tertiary/aromatic N) is 4. The van der Waals surface area contributed by atoms with Gasteiger partial charge >= 0.3 is 0 Å². The Labute approximate surface area is 158 Å². The monoisotopic (exact) mass is 383 g/mol. The van der Waals surface area contributed by atoms with E-state index >= 15 is 0 Å². The van der Waals surface area contributed by atoms with Crippen LogP contribution in [0.2, 0.25) is 0 Å². The molecular formula is C19H15F2N5O2. The highest BCUT2D eigenvalue weighted by atomic mass is 19.2. The van der Waals surface area contributed by atoms with Crippen molar-refractivity contribution in [2.45, 2.75) is 19.3 Å². The van der Waals surface area contributed by atoms with Crippen LogP contribution in [0.25, 0.3) is 5.82 Å². The standard InChI is InChI=1S/C19H15F2N5O2/c1-10-17(18(22)26(24-10)15-4-2-3-7-23-15)12-9-16(27)25(19(12)28)11-5-6-13(20)14(21)8-11/h2-8,12H,9,22H2,1H3. The second-order valence-corrected chi connectivity index (χ2v) is 6.41. The Morgan fingerprint density at radius 2 is 1.93 bits per heavy atom. The fraction of sp³-hybridized carbons (Fsp3) is 0.158. The topological polar surface area (TPSA) is 94.1 Å². The molecule has 0 spiro atoms. The summed E-state index contributed by atoms with van der Waals surface area (Å²) >= 11 is 0. The molecule has 4 rings (SSSR count). The fourth-order valence-corrected chi connectivity index (χ4v) is 3.39. The first kappa shape index (κ1) is 17.8. The van der Waals surface area contributed by atoms with Crippen LogP contribution < -0.4 is 10.6 Å². The molecule has 0 aliphatic carbocycles. The number of nitrogens with two attached hydrogens (primary N) is 1. The third-order valence-electron chi connectivity index (χ3n) is 4.67. The van der Waals surface area contributed by atoms with Crippen LogP contribution in [-0.4, -0.2) is 26.6 Å². The van der Waals surface area contributed by atoms with Gasteiger partial charge in [0.05, 0.1) is 17.3 Å². The van der Waals surface area contributed by atoms with E-state index in [0.29, 0.717) is 17.1 Å². The van der Waals surface area contributed by atoms with Crippen LogP contribution in [0.5, 0.6) is 0 Å². The van der Waals surface area contributed by atoms with Gasteiger partial charge in [-0.1, -0.05) is 6.07 Å². The Bertz CT molecular complexity index is 1100. The molecule has 9 heteroatoms. The number of amides is 2. The first-order valence-electron chi connectivity index (χ1n) is 8.46. The molecule has 0 bridgehead atoms. The number of carbonyl (C=O) groups is 2. The van der Waals surface area contributed by atoms with Gasteiger partial charge in [0.25, 0.3) is 0 Å². The van der Waals surface area contributed by atoms with Crippen LogP contribution in [0.1, 0.15) is 23.6 Å². The fourth-order valence-electron chi connectivity index (χ4n) is 3.39. The molecule has 7 nitrogen and oxygen atoms in total. The van der Waals surface area contributed by atoms with Crippen molar-refractivity contribution in [3.05, 3.63) is 65.5 Å². The average Bonchev–Trinajstić information content (AvgIpc) is 3.13. The van der Waals surface area contributed by atoms with Crippen molar-refractivity contribution in [3.8, 4) is 5.82 Å². The van der Waals surface area contributed by atoms with Crippen molar-refractivity contribution in [3.63, 3.8) is 0 Å². The number of nitrogen functional groups attached to an aromatic ring is 1. The number of halogens is 2. The lowest BCUT2D eigenvalue weighted by molar-refractivity contribution is -0.121. The van der Waals surface area contributed by atoms with E-state index < -0.39 is 29.4 Å². The van der Waals surface area contributed by atoms with E-state index in [2.05, 4.69) is 10.1 Å². The van der Waals surface area contributed by atoms with Crippen molar-refractivity contribution in [1.82, 2.24) is 14.8 Å². The molecule has 2 N–H and O–H groups in total. The summed E-state index contributed by atoms with van der Waals surface area (Å²) in [5, 5.41) is 4.35. The predicted molar refractivity (Wildman–Crippen MR) is 96.7 cm³/mol. The van der Waals surface area contributed by atoms with Crippen molar-refractivity contribution in [1.29, 1.82) is 0 Å². The SMILES string of the molecule is Cc1nn(-c2ccccn2)c(N)c1C1CC(=O)N(c2ccc(F)c(F)c2)C1=O. The zero-order valence-corrected chi connectivity index (χ0v) is 14.8. The van der Waals surface area contributed by atoms with E-state index in [9.17, 15) is 18.4 Å². The highest BCUT2D eigenvalue weighted by Crippen LogP contribution is 2.38. The van der Waals surface area contributed by atoms with Gasteiger partial charge in [-0.25, -0.2) is 18.7 Å². The Hall–Kier alpha value is -3.62. The van der Waals surface area contributed by atoms with Gasteiger partial charge in [0, 0.05) is 24.2 Å². The Kier molecular flexibility index (Phi) is 4.14. The van der Waals surface area contributed by atoms with Gasteiger partial charge in [0.2, 0.25) is 11.8 Å². The van der Waals surface area contributed by atoms with E-state index in [1.165, 1.54) is 10.7 Å². The number of aromatic nitrogens is 3. The molecule has 1 unspecified atom stereocenters. The maximum absolute atomic E-state index is 13.6. The smallest absolute Gasteiger partial charge is 0.242 e. The normalized spacial score (nSPS) is 16.8. The van der Waals surface area contributed by atoms with Crippen LogP contribution in [-0.2, 0) is 9.59 Å². The number of hydrogen-bond donors (Lipinski definition) is 1. The number of imide groups is 1. The Morgan fingerprint density at radius 3 is 2.61 bits per heavy atom. The molecule has 142 valence electrons. The van der Waals surface area contributed by atoms with E-state index in [-0.39, 0.29) is 17.9 Å². The van der Waals surface area contributed by atoms with Crippen LogP contribution >= 0.6 is 0 Å². The van der Waals surface area contributed by atoms with Crippen molar-refractivity contribution in [2.24, 2.45) is 0 Å². The average molecular weight is 383 g/mol. The van der Waals surface area contributed by atoms with Gasteiger partial charge in [-0.15, -0.1) is 0 Å². The largest absolute Gasteiger partial charge is 0.383 e. The molecule has 1 saturated heterocycles. The molecule has 0 saturated carbocycles. The molecule has 3 aromatic rings. The maximum Gasteiger partial charge on any atom is 0.242 e. The lowest BCUT2D eigenvalue weighted by Crippen LogP contribution is -2.30. The molecule has 28 heavy (non-hydrogen) atoms. The minimum Gasteiger partial charge on any atom is -0.383 e. The number of hydrogen-bond acceptors (Lipinski definition) is 5. The van der Waals surface area contributed by atoms with Crippen molar-refractivity contribution < 1.29 is 18.4 Å². The van der Waals surface area contributed by atoms with E-state index in [1.54, 1.807) is 31.3 Å². The lowest BCUT2D eigenvalue weighted by Gasteiger charge is -2.15. The first-order valence-corrected chi connectivity index (χ1v) is 8.46. The van der Waals surface area contributed by atoms with Crippen molar-refractivity contribution in [2.75, 3.05) is 10.6 Å². The Morgan fingerprint density at radius 1 is 1.14 bits per heavy atom. The summed E-state index contributed by atoms with van der Waals surface area (Å²) in [6, 6.07) is 8.10. The summed E-state index contributed by atoms with van der Waals surface area (Å²) in [7, 11) is 0. The number of carbonyl (C=O) groups excluding carboxylic acids is 2. The van der Waals surface area contributed by atoms with Crippen LogP contribution in [0.3, 0.4) is 0 Å². The molecule has 0 radical (unpaired) electrons. The molecule has 1 aliphatic heterocycles. The number of anilines is 2. The highest BCUT2D eigenvalue weighted by Gasteiger charge is 2.43. The summed E-state index contributed by atoms with van der Waals surface area (Å²) in [5.41, 5.74) is 7.11. The van der Waals surface area contributed by atoms with E-state index in [1.807, 2.05) is 0 Å². The molecule has 1 aromatic carbocycles. The zero-order valence-electron chi connectivity index (χ0n) is 14.8. The van der Waals surface area contributed by atoms with Gasteiger partial charge in [-0.3, -0.25) is 9.59 Å². The Balaban J connectivity index is 1.73. The number of pyridine rings is 1. The number of rotatable bonds is 3. The second kappa shape index (κ2) is 6.52. The summed E-state index contributed by atoms with van der Waals surface area (Å²) in [5.74, 6) is -3.47. The summed E-state index contributed by atoms with van der Waals surface area (Å²) < 4.78 is 28.2. The third-order valence-corrected chi connectivity index (χ3v) is 4.67. The molecule has 1 atom stereocenters. The minimum atomic E-state index is -1.14. The van der Waals surface area contributed by atoms with Crippen LogP contribution in [0.4, 0.5) is 20.3 Å². The maximum atomic E-state index is 13.6. The first-order chi connectivity index (χ1) is 13.4. The zero-order chi connectivity index (χ0) is 20.0. The molecular weight excluding hydrogens is 368 g/mol. The number of aryl methyl sites for hydroxylation is 1. The molecule has 3 heterocycles. The summed E-state index contributed by atoms with van der Waals surface area (Å²) in [6.07, 6.45) is 1.44. The van der Waals surface area contributed by atoms with Gasteiger partial charge in [-0.2, -0.15) is 9.78 Å². The molecule has 1 fully saturated rings. The van der Waals surface area contributed by atoms with E-state index in [0.717, 1.165) is 17.0 Å². The van der Waals surface area contributed by atoms with Gasteiger partial charge < -0.3 is 5.73 Å². The van der Waals surface area contributed by atoms with E-state index in [4.69, 9.17) is 5.73 Å². The van der Waals surface area contributed by atoms with Crippen molar-refractivity contribution >= 4 is 23.3 Å². The van der Waals surface area contributed by atoms with Gasteiger partial charge in [-0.05, 0) is 31.2 Å². The molecule has 1 aliphatic rings. The lowest BCUT2D eigenvalue weighted by atomic mass is 9.97. The van der Waals surface area contributed by atoms with Gasteiger partial charge in [0.15, 0.2) is 17.5 Å². The summed E-state index contributed by atoms with van der Waals surface area (Å²) in [4.78, 5) is 30.5. The predicted octanol–water partition coefficient (Wildman–Crippen LogP) is 2.48. The third kappa shape index (κ3) is 2.72. The summed E-state index contributed by atoms with van der Waals surface area (Å²) in [6.45, 7) is 1.68. The van der Waals surface area contributed by atoms with Crippen LogP contribution in [0, 0.1) is 18.6 Å². The van der Waals surface area contributed by atoms with Crippen LogP contribution in [0.15, 0.2) is 42.6 Å². The van der Waals surface area contributed by atoms with Gasteiger partial charge in [0.1, 0.15) is 5.82 Å². The quantitative estimate of drug-likeness (QED) is 0.702. The highest BCUT2D eigenvalue weighted by molar-refractivity contribution is 6.23. The number of benzene rings is 1.